The van der Waals surface area contributed by atoms with E-state index in [1.807, 2.05) is 37.4 Å². The average molecular weight is 406 g/mol. The third-order valence-electron chi connectivity index (χ3n) is 6.08. The Balaban J connectivity index is 1.42. The van der Waals surface area contributed by atoms with Gasteiger partial charge in [-0.3, -0.25) is 4.98 Å². The van der Waals surface area contributed by atoms with Gasteiger partial charge in [0.1, 0.15) is 0 Å². The summed E-state index contributed by atoms with van der Waals surface area (Å²) >= 11 is 0. The number of aryl methyl sites for hydroxylation is 1. The van der Waals surface area contributed by atoms with Gasteiger partial charge in [-0.2, -0.15) is 4.31 Å². The maximum atomic E-state index is 13.2. The molecule has 5 rings (SSSR count). The molecule has 5 nitrogen and oxygen atoms in total. The van der Waals surface area contributed by atoms with Gasteiger partial charge in [0.25, 0.3) is 0 Å². The Hall–Kier alpha value is -2.54. The highest BCUT2D eigenvalue weighted by Gasteiger charge is 2.56. The van der Waals surface area contributed by atoms with E-state index >= 15 is 0 Å². The summed E-state index contributed by atoms with van der Waals surface area (Å²) in [6.07, 6.45) is 3.62. The second-order valence-corrected chi connectivity index (χ2v) is 9.67. The lowest BCUT2D eigenvalue weighted by Crippen LogP contribution is -2.73. The molecule has 3 aromatic rings. The van der Waals surface area contributed by atoms with Gasteiger partial charge in [0.15, 0.2) is 0 Å². The van der Waals surface area contributed by atoms with Gasteiger partial charge in [-0.15, -0.1) is 0 Å². The van der Waals surface area contributed by atoms with Crippen molar-refractivity contribution >= 4 is 10.0 Å². The zero-order valence-electron chi connectivity index (χ0n) is 16.2. The van der Waals surface area contributed by atoms with E-state index in [0.717, 1.165) is 16.7 Å². The molecule has 6 heteroatoms. The van der Waals surface area contributed by atoms with Crippen molar-refractivity contribution in [2.45, 2.75) is 29.8 Å². The molecule has 1 aromatic heterocycles. The molecule has 0 spiro atoms. The van der Waals surface area contributed by atoms with Gasteiger partial charge in [-0.05, 0) is 41.8 Å². The van der Waals surface area contributed by atoms with E-state index in [-0.39, 0.29) is 18.0 Å². The second kappa shape index (κ2) is 7.06. The van der Waals surface area contributed by atoms with Crippen LogP contribution in [0.5, 0.6) is 0 Å². The first-order valence-corrected chi connectivity index (χ1v) is 11.3. The smallest absolute Gasteiger partial charge is 0.243 e. The van der Waals surface area contributed by atoms with Crippen molar-refractivity contribution in [2.24, 2.45) is 0 Å². The standard InChI is InChI=1S/C23H23N3O2S/c1-16-4-10-20(11-5-16)29(27,28)26-21-14-25-15-22(26)23(21)18-8-6-17(7-9-18)19-3-2-12-24-13-19/h2-13,21-23,25H,14-15H2,1H3/t21-,22+,23?. The van der Waals surface area contributed by atoms with E-state index < -0.39 is 10.0 Å². The van der Waals surface area contributed by atoms with Crippen LogP contribution >= 0.6 is 0 Å². The topological polar surface area (TPSA) is 62.3 Å². The molecule has 29 heavy (non-hydrogen) atoms. The Morgan fingerprint density at radius 3 is 2.24 bits per heavy atom. The lowest BCUT2D eigenvalue weighted by atomic mass is 9.74. The van der Waals surface area contributed by atoms with Crippen LogP contribution in [-0.2, 0) is 10.0 Å². The van der Waals surface area contributed by atoms with Crippen LogP contribution < -0.4 is 5.32 Å². The van der Waals surface area contributed by atoms with Crippen LogP contribution in [0.3, 0.4) is 0 Å². The summed E-state index contributed by atoms with van der Waals surface area (Å²) in [7, 11) is -3.49. The fraction of sp³-hybridized carbons (Fsp3) is 0.261. The number of piperazine rings is 1. The maximum absolute atomic E-state index is 13.2. The Morgan fingerprint density at radius 1 is 0.931 bits per heavy atom. The third-order valence-corrected chi connectivity index (χ3v) is 8.04. The summed E-state index contributed by atoms with van der Waals surface area (Å²) in [6, 6.07) is 19.5. The Bertz CT molecular complexity index is 1100. The monoisotopic (exact) mass is 405 g/mol. The van der Waals surface area contributed by atoms with E-state index in [0.29, 0.717) is 18.0 Å². The number of benzene rings is 2. The number of sulfonamides is 1. The zero-order chi connectivity index (χ0) is 20.0. The number of aromatic nitrogens is 1. The molecule has 0 saturated carbocycles. The van der Waals surface area contributed by atoms with Crippen LogP contribution in [0.1, 0.15) is 17.0 Å². The van der Waals surface area contributed by atoms with Crippen molar-refractivity contribution < 1.29 is 8.42 Å². The largest absolute Gasteiger partial charge is 0.313 e. The quantitative estimate of drug-likeness (QED) is 0.724. The van der Waals surface area contributed by atoms with Crippen molar-refractivity contribution in [3.8, 4) is 11.1 Å². The molecular weight excluding hydrogens is 382 g/mol. The van der Waals surface area contributed by atoms with Gasteiger partial charge in [-0.1, -0.05) is 48.0 Å². The summed E-state index contributed by atoms with van der Waals surface area (Å²) < 4.78 is 28.2. The fourth-order valence-corrected chi connectivity index (χ4v) is 6.44. The van der Waals surface area contributed by atoms with Gasteiger partial charge in [0.05, 0.1) is 4.90 Å². The average Bonchev–Trinajstić information content (AvgIpc) is 2.75. The van der Waals surface area contributed by atoms with Crippen LogP contribution in [0.15, 0.2) is 78.0 Å². The summed E-state index contributed by atoms with van der Waals surface area (Å²) in [5.74, 6) is 0.222. The molecule has 1 N–H and O–H groups in total. The van der Waals surface area contributed by atoms with Crippen molar-refractivity contribution in [1.29, 1.82) is 0 Å². The number of nitrogens with zero attached hydrogens (tertiary/aromatic N) is 2. The molecule has 2 saturated heterocycles. The zero-order valence-corrected chi connectivity index (χ0v) is 17.0. The second-order valence-electron chi connectivity index (χ2n) is 7.83. The lowest BCUT2D eigenvalue weighted by Gasteiger charge is -2.57. The number of rotatable bonds is 4. The summed E-state index contributed by atoms with van der Waals surface area (Å²) in [4.78, 5) is 4.56. The number of pyridine rings is 1. The van der Waals surface area contributed by atoms with Gasteiger partial charge in [-0.25, -0.2) is 8.42 Å². The van der Waals surface area contributed by atoms with Crippen LogP contribution in [-0.4, -0.2) is 42.9 Å². The van der Waals surface area contributed by atoms with Crippen molar-refractivity contribution in [3.05, 3.63) is 84.2 Å². The highest BCUT2D eigenvalue weighted by Crippen LogP contribution is 2.46. The Kier molecular flexibility index (Phi) is 4.50. The molecule has 3 heterocycles. The minimum Gasteiger partial charge on any atom is -0.313 e. The fourth-order valence-electron chi connectivity index (χ4n) is 4.59. The van der Waals surface area contributed by atoms with Gasteiger partial charge < -0.3 is 5.32 Å². The molecule has 2 bridgehead atoms. The van der Waals surface area contributed by atoms with Crippen LogP contribution in [0.25, 0.3) is 11.1 Å². The van der Waals surface area contributed by atoms with Gasteiger partial charge in [0.2, 0.25) is 10.0 Å². The lowest BCUT2D eigenvalue weighted by molar-refractivity contribution is 0.0370. The number of hydrogen-bond acceptors (Lipinski definition) is 4. The molecule has 0 aliphatic carbocycles. The first-order chi connectivity index (χ1) is 14.1. The summed E-state index contributed by atoms with van der Waals surface area (Å²) in [5, 5.41) is 3.37. The predicted octanol–water partition coefficient (Wildman–Crippen LogP) is 3.19. The third kappa shape index (κ3) is 3.08. The predicted molar refractivity (Wildman–Crippen MR) is 113 cm³/mol. The van der Waals surface area contributed by atoms with Crippen molar-refractivity contribution in [3.63, 3.8) is 0 Å². The molecule has 0 amide bonds. The minimum absolute atomic E-state index is 0.0516. The minimum atomic E-state index is -3.49. The van der Waals surface area contributed by atoms with Crippen LogP contribution in [0.2, 0.25) is 0 Å². The molecule has 2 aliphatic heterocycles. The molecule has 3 atom stereocenters. The van der Waals surface area contributed by atoms with Gasteiger partial charge >= 0.3 is 0 Å². The molecular formula is C23H23N3O2S. The van der Waals surface area contributed by atoms with E-state index in [2.05, 4.69) is 34.6 Å². The van der Waals surface area contributed by atoms with Crippen LogP contribution in [0.4, 0.5) is 0 Å². The molecule has 1 unspecified atom stereocenters. The highest BCUT2D eigenvalue weighted by atomic mass is 32.2. The van der Waals surface area contributed by atoms with Crippen LogP contribution in [0, 0.1) is 6.92 Å². The normalized spacial score (nSPS) is 24.1. The molecule has 2 aromatic carbocycles. The number of fused-ring (bicyclic) bond motifs is 2. The molecule has 2 fully saturated rings. The van der Waals surface area contributed by atoms with Crippen molar-refractivity contribution in [2.75, 3.05) is 13.1 Å². The first kappa shape index (κ1) is 18.5. The highest BCUT2D eigenvalue weighted by molar-refractivity contribution is 7.89. The summed E-state index contributed by atoms with van der Waals surface area (Å²) in [6.45, 7) is 3.32. The van der Waals surface area contributed by atoms with E-state index in [1.54, 1.807) is 22.6 Å². The molecule has 148 valence electrons. The maximum Gasteiger partial charge on any atom is 0.243 e. The summed E-state index contributed by atoms with van der Waals surface area (Å²) in [5.41, 5.74) is 4.46. The number of hydrogen-bond donors (Lipinski definition) is 1. The van der Waals surface area contributed by atoms with Gasteiger partial charge in [0, 0.05) is 43.5 Å². The Labute approximate surface area is 171 Å². The first-order valence-electron chi connectivity index (χ1n) is 9.87. The molecule has 2 aliphatic rings. The number of piperidine rings is 1. The van der Waals surface area contributed by atoms with E-state index in [9.17, 15) is 8.42 Å². The number of nitrogens with one attached hydrogen (secondary N) is 1. The SMILES string of the molecule is Cc1ccc(S(=O)(=O)N2[C@@H]3CNC[C@H]2C3c2ccc(-c3cccnc3)cc2)cc1. The van der Waals surface area contributed by atoms with Crippen molar-refractivity contribution in [1.82, 2.24) is 14.6 Å². The molecule has 0 radical (unpaired) electrons. The van der Waals surface area contributed by atoms with E-state index in [1.165, 1.54) is 5.56 Å². The van der Waals surface area contributed by atoms with E-state index in [4.69, 9.17) is 0 Å². The Morgan fingerprint density at radius 2 is 1.62 bits per heavy atom.